The molecule has 0 saturated carbocycles. The molecule has 2 heteroatoms. The Bertz CT molecular complexity index is 604. The zero-order valence-corrected chi connectivity index (χ0v) is 12.6. The smallest absolute Gasteiger partial charge is 0.123 e. The average molecular weight is 271 g/mol. The predicted octanol–water partition coefficient (Wildman–Crippen LogP) is 4.45. The lowest BCUT2D eigenvalue weighted by atomic mass is 9.91. The van der Waals surface area contributed by atoms with Crippen LogP contribution in [-0.4, -0.2) is 6.54 Å². The molecule has 2 aromatic rings. The summed E-state index contributed by atoms with van der Waals surface area (Å²) < 4.78 is 13.3. The van der Waals surface area contributed by atoms with Crippen LogP contribution in [0, 0.1) is 26.6 Å². The van der Waals surface area contributed by atoms with Crippen molar-refractivity contribution in [2.75, 3.05) is 6.54 Å². The summed E-state index contributed by atoms with van der Waals surface area (Å²) in [5.74, 6) is -0.178. The van der Waals surface area contributed by atoms with Crippen LogP contribution in [0.15, 0.2) is 36.4 Å². The van der Waals surface area contributed by atoms with Crippen LogP contribution in [0.5, 0.6) is 0 Å². The van der Waals surface area contributed by atoms with Crippen molar-refractivity contribution in [2.24, 2.45) is 0 Å². The van der Waals surface area contributed by atoms with Gasteiger partial charge in [0.05, 0.1) is 6.04 Å². The van der Waals surface area contributed by atoms with E-state index in [0.29, 0.717) is 0 Å². The molecule has 1 unspecified atom stereocenters. The van der Waals surface area contributed by atoms with Gasteiger partial charge in [-0.15, -0.1) is 0 Å². The van der Waals surface area contributed by atoms with E-state index in [1.54, 1.807) is 6.07 Å². The number of nitrogens with one attached hydrogen (secondary N) is 1. The topological polar surface area (TPSA) is 12.0 Å². The highest BCUT2D eigenvalue weighted by molar-refractivity contribution is 5.42. The number of hydrogen-bond donors (Lipinski definition) is 1. The Balaban J connectivity index is 2.53. The summed E-state index contributed by atoms with van der Waals surface area (Å²) in [5.41, 5.74) is 5.89. The van der Waals surface area contributed by atoms with Gasteiger partial charge in [0.15, 0.2) is 0 Å². The molecule has 0 spiro atoms. The van der Waals surface area contributed by atoms with Crippen molar-refractivity contribution >= 4 is 0 Å². The minimum absolute atomic E-state index is 0.112. The maximum Gasteiger partial charge on any atom is 0.123 e. The van der Waals surface area contributed by atoms with E-state index in [0.717, 1.165) is 17.7 Å². The van der Waals surface area contributed by atoms with Gasteiger partial charge in [0, 0.05) is 0 Å². The highest BCUT2D eigenvalue weighted by atomic mass is 19.1. The first-order valence-corrected chi connectivity index (χ1v) is 7.09. The summed E-state index contributed by atoms with van der Waals surface area (Å²) in [6.07, 6.45) is 0. The van der Waals surface area contributed by atoms with Crippen LogP contribution in [-0.2, 0) is 0 Å². The Hall–Kier alpha value is -1.67. The second-order valence-corrected chi connectivity index (χ2v) is 5.35. The van der Waals surface area contributed by atoms with E-state index in [1.165, 1.54) is 22.8 Å². The molecular weight excluding hydrogens is 249 g/mol. The van der Waals surface area contributed by atoms with E-state index in [4.69, 9.17) is 0 Å². The first kappa shape index (κ1) is 14.7. The number of halogens is 1. The lowest BCUT2D eigenvalue weighted by Gasteiger charge is -2.23. The molecule has 0 bridgehead atoms. The van der Waals surface area contributed by atoms with E-state index >= 15 is 0 Å². The zero-order valence-electron chi connectivity index (χ0n) is 12.6. The first-order valence-electron chi connectivity index (χ1n) is 7.09. The predicted molar refractivity (Wildman–Crippen MR) is 82.6 cm³/mol. The second-order valence-electron chi connectivity index (χ2n) is 5.35. The van der Waals surface area contributed by atoms with Gasteiger partial charge in [0.2, 0.25) is 0 Å². The molecule has 0 heterocycles. The normalized spacial score (nSPS) is 12.4. The summed E-state index contributed by atoms with van der Waals surface area (Å²) in [7, 11) is 0. The number of aryl methyl sites for hydroxylation is 3. The average Bonchev–Trinajstić information content (AvgIpc) is 2.40. The molecule has 0 aliphatic carbocycles. The molecule has 0 amide bonds. The summed E-state index contributed by atoms with van der Waals surface area (Å²) in [6.45, 7) is 9.15. The van der Waals surface area contributed by atoms with Crippen LogP contribution in [0.2, 0.25) is 0 Å². The first-order chi connectivity index (χ1) is 9.52. The molecular formula is C18H22FN. The second kappa shape index (κ2) is 6.19. The Morgan fingerprint density at radius 1 is 0.950 bits per heavy atom. The summed E-state index contributed by atoms with van der Waals surface area (Å²) in [5, 5.41) is 3.52. The SMILES string of the molecule is CCNC(c1ccc(F)cc1C)c1cc(C)ccc1C. The summed E-state index contributed by atoms with van der Waals surface area (Å²) in [6, 6.07) is 11.6. The van der Waals surface area contributed by atoms with Crippen LogP contribution in [0.25, 0.3) is 0 Å². The highest BCUT2D eigenvalue weighted by Crippen LogP contribution is 2.28. The van der Waals surface area contributed by atoms with Crippen molar-refractivity contribution in [3.05, 3.63) is 70.0 Å². The monoisotopic (exact) mass is 271 g/mol. The molecule has 2 rings (SSSR count). The van der Waals surface area contributed by atoms with E-state index in [-0.39, 0.29) is 11.9 Å². The molecule has 20 heavy (non-hydrogen) atoms. The van der Waals surface area contributed by atoms with Gasteiger partial charge in [0.25, 0.3) is 0 Å². The van der Waals surface area contributed by atoms with Crippen LogP contribution in [0.1, 0.15) is 40.8 Å². The van der Waals surface area contributed by atoms with Crippen LogP contribution >= 0.6 is 0 Å². The Kier molecular flexibility index (Phi) is 4.56. The fraction of sp³-hybridized carbons (Fsp3) is 0.333. The van der Waals surface area contributed by atoms with Crippen LogP contribution in [0.4, 0.5) is 4.39 Å². The number of rotatable bonds is 4. The molecule has 1 atom stereocenters. The van der Waals surface area contributed by atoms with Crippen molar-refractivity contribution < 1.29 is 4.39 Å². The quantitative estimate of drug-likeness (QED) is 0.866. The maximum absolute atomic E-state index is 13.3. The lowest BCUT2D eigenvalue weighted by molar-refractivity contribution is 0.608. The van der Waals surface area contributed by atoms with Gasteiger partial charge >= 0.3 is 0 Å². The highest BCUT2D eigenvalue weighted by Gasteiger charge is 2.17. The molecule has 0 radical (unpaired) electrons. The van der Waals surface area contributed by atoms with Crippen LogP contribution in [0.3, 0.4) is 0 Å². The van der Waals surface area contributed by atoms with Gasteiger partial charge < -0.3 is 5.32 Å². The third-order valence-electron chi connectivity index (χ3n) is 3.70. The van der Waals surface area contributed by atoms with Crippen LogP contribution < -0.4 is 5.32 Å². The van der Waals surface area contributed by atoms with Crippen molar-refractivity contribution in [1.29, 1.82) is 0 Å². The van der Waals surface area contributed by atoms with Crippen molar-refractivity contribution in [3.63, 3.8) is 0 Å². The molecule has 0 aromatic heterocycles. The molecule has 106 valence electrons. The van der Waals surface area contributed by atoms with Crippen molar-refractivity contribution in [2.45, 2.75) is 33.7 Å². The standard InChI is InChI=1S/C18H22FN/c1-5-20-18(16-9-8-15(19)11-14(16)4)17-10-12(2)6-7-13(17)3/h6-11,18,20H,5H2,1-4H3. The Labute approximate surface area is 120 Å². The molecule has 0 aliphatic heterocycles. The molecule has 2 aromatic carbocycles. The van der Waals surface area contributed by atoms with E-state index < -0.39 is 0 Å². The fourth-order valence-corrected chi connectivity index (χ4v) is 2.63. The van der Waals surface area contributed by atoms with E-state index in [9.17, 15) is 4.39 Å². The third-order valence-corrected chi connectivity index (χ3v) is 3.70. The largest absolute Gasteiger partial charge is 0.307 e. The Morgan fingerprint density at radius 2 is 1.70 bits per heavy atom. The summed E-state index contributed by atoms with van der Waals surface area (Å²) >= 11 is 0. The lowest BCUT2D eigenvalue weighted by Crippen LogP contribution is -2.23. The minimum atomic E-state index is -0.178. The summed E-state index contributed by atoms with van der Waals surface area (Å²) in [4.78, 5) is 0. The van der Waals surface area contributed by atoms with Crippen molar-refractivity contribution in [3.8, 4) is 0 Å². The minimum Gasteiger partial charge on any atom is -0.307 e. The van der Waals surface area contributed by atoms with Crippen molar-refractivity contribution in [1.82, 2.24) is 5.32 Å². The van der Waals surface area contributed by atoms with E-state index in [2.05, 4.69) is 44.3 Å². The number of benzene rings is 2. The molecule has 1 N–H and O–H groups in total. The zero-order chi connectivity index (χ0) is 14.7. The fourth-order valence-electron chi connectivity index (χ4n) is 2.63. The van der Waals surface area contributed by atoms with Gasteiger partial charge in [-0.05, 0) is 61.7 Å². The van der Waals surface area contributed by atoms with Gasteiger partial charge in [-0.2, -0.15) is 0 Å². The van der Waals surface area contributed by atoms with E-state index in [1.807, 2.05) is 13.0 Å². The van der Waals surface area contributed by atoms with Gasteiger partial charge in [-0.25, -0.2) is 4.39 Å². The molecule has 0 aliphatic rings. The van der Waals surface area contributed by atoms with Gasteiger partial charge in [-0.3, -0.25) is 0 Å². The van der Waals surface area contributed by atoms with Gasteiger partial charge in [0.1, 0.15) is 5.82 Å². The van der Waals surface area contributed by atoms with Gasteiger partial charge in [-0.1, -0.05) is 36.8 Å². The molecule has 0 saturated heterocycles. The number of hydrogen-bond acceptors (Lipinski definition) is 1. The maximum atomic E-state index is 13.3. The molecule has 1 nitrogen and oxygen atoms in total. The molecule has 0 fully saturated rings. The Morgan fingerprint density at radius 3 is 2.35 bits per heavy atom. The third kappa shape index (κ3) is 3.07.